The number of nitrogens with zero attached hydrogens (tertiary/aromatic N) is 2. The lowest BCUT2D eigenvalue weighted by Crippen LogP contribution is -2.12. The number of nitriles is 1. The molecule has 1 aliphatic rings. The average Bonchev–Trinajstić information content (AvgIpc) is 3.04. The average molecular weight is 541 g/mol. The van der Waals surface area contributed by atoms with E-state index in [0.29, 0.717) is 0 Å². The Kier molecular flexibility index (Phi) is 6.78. The van der Waals surface area contributed by atoms with Gasteiger partial charge in [0.1, 0.15) is 6.07 Å². The first kappa shape index (κ1) is 25.8. The van der Waals surface area contributed by atoms with Gasteiger partial charge in [0.25, 0.3) is 0 Å². The summed E-state index contributed by atoms with van der Waals surface area (Å²) in [6, 6.07) is 43.5. The van der Waals surface area contributed by atoms with Crippen LogP contribution < -0.4 is 4.90 Å². The van der Waals surface area contributed by atoms with Crippen molar-refractivity contribution in [3.63, 3.8) is 0 Å². The van der Waals surface area contributed by atoms with Crippen LogP contribution in [0.25, 0.3) is 33.7 Å². The molecule has 42 heavy (non-hydrogen) atoms. The van der Waals surface area contributed by atoms with Crippen LogP contribution in [0.1, 0.15) is 46.2 Å². The molecule has 1 aliphatic carbocycles. The van der Waals surface area contributed by atoms with Crippen molar-refractivity contribution in [2.75, 3.05) is 4.90 Å². The van der Waals surface area contributed by atoms with Gasteiger partial charge in [-0.3, -0.25) is 0 Å². The molecule has 2 heteroatoms. The molecule has 6 aromatic rings. The zero-order chi connectivity index (χ0) is 28.5. The fourth-order valence-corrected chi connectivity index (χ4v) is 6.38. The normalized spacial score (nSPS) is 12.9. The quantitative estimate of drug-likeness (QED) is 0.161. The first-order valence-electron chi connectivity index (χ1n) is 14.8. The van der Waals surface area contributed by atoms with Crippen LogP contribution in [-0.2, 0) is 12.8 Å². The Morgan fingerprint density at radius 1 is 0.595 bits per heavy atom. The first-order chi connectivity index (χ1) is 20.7. The second kappa shape index (κ2) is 11.0. The van der Waals surface area contributed by atoms with Gasteiger partial charge in [-0.15, -0.1) is 0 Å². The van der Waals surface area contributed by atoms with Crippen LogP contribution in [0.5, 0.6) is 0 Å². The Morgan fingerprint density at radius 2 is 1.14 bits per heavy atom. The maximum atomic E-state index is 9.97. The summed E-state index contributed by atoms with van der Waals surface area (Å²) in [5.74, 6) is 0. The molecule has 6 aromatic carbocycles. The minimum atomic E-state index is 0.737. The van der Waals surface area contributed by atoms with Gasteiger partial charge < -0.3 is 4.90 Å². The van der Waals surface area contributed by atoms with Crippen LogP contribution in [0.3, 0.4) is 0 Å². The topological polar surface area (TPSA) is 27.0 Å². The number of rotatable bonds is 5. The smallest absolute Gasteiger partial charge is 0.100 e. The summed E-state index contributed by atoms with van der Waals surface area (Å²) in [6.07, 6.45) is 9.28. The molecule has 0 heterocycles. The molecule has 0 amide bonds. The third-order valence-corrected chi connectivity index (χ3v) is 8.56. The Hall–Kier alpha value is -5.13. The Morgan fingerprint density at radius 3 is 1.76 bits per heavy atom. The lowest BCUT2D eigenvalue weighted by atomic mass is 9.91. The number of benzene rings is 6. The van der Waals surface area contributed by atoms with Crippen molar-refractivity contribution in [3.8, 4) is 6.07 Å². The van der Waals surface area contributed by atoms with E-state index in [0.717, 1.165) is 56.0 Å². The minimum absolute atomic E-state index is 0.737. The van der Waals surface area contributed by atoms with Crippen molar-refractivity contribution in [1.29, 1.82) is 5.26 Å². The predicted octanol–water partition coefficient (Wildman–Crippen LogP) is 10.7. The maximum Gasteiger partial charge on any atom is 0.100 e. The summed E-state index contributed by atoms with van der Waals surface area (Å²) < 4.78 is 0. The summed E-state index contributed by atoms with van der Waals surface area (Å²) in [7, 11) is 0. The largest absolute Gasteiger partial charge is 0.310 e. The molecule has 0 unspecified atom stereocenters. The van der Waals surface area contributed by atoms with Crippen molar-refractivity contribution in [2.24, 2.45) is 0 Å². The van der Waals surface area contributed by atoms with Crippen LogP contribution in [0.15, 0.2) is 115 Å². The van der Waals surface area contributed by atoms with Gasteiger partial charge in [0, 0.05) is 27.8 Å². The number of fused-ring (bicyclic) bond motifs is 3. The Bertz CT molecular complexity index is 1930. The molecule has 0 fully saturated rings. The summed E-state index contributed by atoms with van der Waals surface area (Å²) in [5, 5.41) is 14.1. The van der Waals surface area contributed by atoms with Crippen LogP contribution in [-0.4, -0.2) is 0 Å². The highest BCUT2D eigenvalue weighted by molar-refractivity contribution is 6.12. The van der Waals surface area contributed by atoms with Gasteiger partial charge in [-0.2, -0.15) is 5.26 Å². The number of aryl methyl sites for hydroxylation is 3. The van der Waals surface area contributed by atoms with E-state index >= 15 is 0 Å². The molecule has 0 aliphatic heterocycles. The van der Waals surface area contributed by atoms with Crippen molar-refractivity contribution >= 4 is 50.8 Å². The molecule has 0 aromatic heterocycles. The van der Waals surface area contributed by atoms with Gasteiger partial charge in [-0.25, -0.2) is 0 Å². The molecular weight excluding hydrogens is 508 g/mol. The highest BCUT2D eigenvalue weighted by atomic mass is 15.1. The van der Waals surface area contributed by atoms with Crippen molar-refractivity contribution < 1.29 is 0 Å². The molecule has 0 N–H and O–H groups in total. The zero-order valence-corrected chi connectivity index (χ0v) is 23.8. The minimum Gasteiger partial charge on any atom is -0.310 e. The Balaban J connectivity index is 1.28. The molecule has 7 rings (SSSR count). The predicted molar refractivity (Wildman–Crippen MR) is 178 cm³/mol. The Labute approximate surface area is 247 Å². The number of hydrogen-bond acceptors (Lipinski definition) is 2. The van der Waals surface area contributed by atoms with E-state index in [9.17, 15) is 5.26 Å². The summed E-state index contributed by atoms with van der Waals surface area (Å²) in [6.45, 7) is 2.13. The van der Waals surface area contributed by atoms with Crippen LogP contribution in [0, 0.1) is 18.3 Å². The van der Waals surface area contributed by atoms with Gasteiger partial charge in [0.2, 0.25) is 0 Å². The van der Waals surface area contributed by atoms with Gasteiger partial charge >= 0.3 is 0 Å². The lowest BCUT2D eigenvalue weighted by Gasteiger charge is -2.27. The molecule has 202 valence electrons. The third-order valence-electron chi connectivity index (χ3n) is 8.56. The van der Waals surface area contributed by atoms with E-state index < -0.39 is 0 Å². The van der Waals surface area contributed by atoms with Gasteiger partial charge in [0.05, 0.1) is 5.56 Å². The van der Waals surface area contributed by atoms with Crippen LogP contribution >= 0.6 is 0 Å². The van der Waals surface area contributed by atoms with Crippen molar-refractivity contribution in [1.82, 2.24) is 0 Å². The van der Waals surface area contributed by atoms with Gasteiger partial charge in [0.15, 0.2) is 0 Å². The maximum absolute atomic E-state index is 9.97. The fraction of sp³-hybridized carbons (Fsp3) is 0.125. The number of anilines is 3. The molecule has 0 bridgehead atoms. The number of hydrogen-bond donors (Lipinski definition) is 0. The second-order valence-corrected chi connectivity index (χ2v) is 11.2. The molecular formula is C40H32N2. The SMILES string of the molecule is Cc1ccc(N(c2ccc(/C=C\c3c4ccccc4c(C#N)c4ccccc34)cc2)c2ccc3c(c2)CCCC3)cc1. The standard InChI is InChI=1S/C40H32N2/c1-28-14-20-32(21-15-28)42(34-24-19-30-8-2-3-9-31(30)26-34)33-22-16-29(17-23-33)18-25-39-35-10-4-6-12-37(35)40(27-41)38-13-7-5-11-36(38)39/h4-7,10-26H,2-3,8-9H2,1H3/b25-18-. The van der Waals surface area contributed by atoms with E-state index in [-0.39, 0.29) is 0 Å². The molecule has 0 spiro atoms. The van der Waals surface area contributed by atoms with Crippen LogP contribution in [0.4, 0.5) is 17.1 Å². The van der Waals surface area contributed by atoms with Crippen LogP contribution in [0.2, 0.25) is 0 Å². The monoisotopic (exact) mass is 540 g/mol. The zero-order valence-electron chi connectivity index (χ0n) is 23.8. The summed E-state index contributed by atoms with van der Waals surface area (Å²) in [5.41, 5.74) is 10.8. The van der Waals surface area contributed by atoms with E-state index in [1.54, 1.807) is 0 Å². The molecule has 0 saturated carbocycles. The second-order valence-electron chi connectivity index (χ2n) is 11.2. The van der Waals surface area contributed by atoms with E-state index in [1.807, 2.05) is 36.4 Å². The third kappa shape index (κ3) is 4.74. The highest BCUT2D eigenvalue weighted by Gasteiger charge is 2.16. The molecule has 0 saturated heterocycles. The molecule has 0 atom stereocenters. The summed E-state index contributed by atoms with van der Waals surface area (Å²) in [4.78, 5) is 2.36. The van der Waals surface area contributed by atoms with Crippen molar-refractivity contribution in [3.05, 3.63) is 149 Å². The van der Waals surface area contributed by atoms with Gasteiger partial charge in [-0.1, -0.05) is 96.6 Å². The lowest BCUT2D eigenvalue weighted by molar-refractivity contribution is 0.685. The fourth-order valence-electron chi connectivity index (χ4n) is 6.38. The highest BCUT2D eigenvalue weighted by Crippen LogP contribution is 2.38. The van der Waals surface area contributed by atoms with Crippen molar-refractivity contribution in [2.45, 2.75) is 32.6 Å². The van der Waals surface area contributed by atoms with E-state index in [1.165, 1.54) is 41.6 Å². The van der Waals surface area contributed by atoms with E-state index in [4.69, 9.17) is 0 Å². The molecule has 0 radical (unpaired) electrons. The summed E-state index contributed by atoms with van der Waals surface area (Å²) >= 11 is 0. The first-order valence-corrected chi connectivity index (χ1v) is 14.8. The molecule has 2 nitrogen and oxygen atoms in total. The van der Waals surface area contributed by atoms with E-state index in [2.05, 4.69) is 109 Å². The van der Waals surface area contributed by atoms with Gasteiger partial charge in [-0.05, 0) is 102 Å².